The first-order valence-electron chi connectivity index (χ1n) is 9.02. The lowest BCUT2D eigenvalue weighted by molar-refractivity contribution is 0.208. The first-order chi connectivity index (χ1) is 13.3. The number of pyridine rings is 2. The quantitative estimate of drug-likeness (QED) is 0.777. The normalized spacial score (nSPS) is 14.1. The zero-order valence-electron chi connectivity index (χ0n) is 15.0. The largest absolute Gasteiger partial charge is 0.368 e. The van der Waals surface area contributed by atoms with Crippen molar-refractivity contribution in [2.24, 2.45) is 0 Å². The number of piperazine rings is 1. The van der Waals surface area contributed by atoms with E-state index in [2.05, 4.69) is 38.4 Å². The number of rotatable bonds is 3. The summed E-state index contributed by atoms with van der Waals surface area (Å²) in [5.41, 5.74) is 3.92. The first-order valence-corrected chi connectivity index (χ1v) is 9.02. The molecule has 1 aliphatic heterocycles. The molecule has 0 radical (unpaired) electrons. The summed E-state index contributed by atoms with van der Waals surface area (Å²) in [6.07, 6.45) is 5.18. The van der Waals surface area contributed by atoms with Crippen LogP contribution in [0.2, 0.25) is 0 Å². The van der Waals surface area contributed by atoms with Gasteiger partial charge in [0.1, 0.15) is 0 Å². The minimum Gasteiger partial charge on any atom is -0.368 e. The maximum atomic E-state index is 12.4. The van der Waals surface area contributed by atoms with Crippen molar-refractivity contribution in [1.82, 2.24) is 14.9 Å². The van der Waals surface area contributed by atoms with E-state index in [9.17, 15) is 4.79 Å². The Morgan fingerprint density at radius 2 is 1.74 bits per heavy atom. The second kappa shape index (κ2) is 7.86. The predicted molar refractivity (Wildman–Crippen MR) is 107 cm³/mol. The number of carbonyl (C=O) groups excluding carboxylic acids is 1. The summed E-state index contributed by atoms with van der Waals surface area (Å²) < 4.78 is 0. The average molecular weight is 359 g/mol. The fraction of sp³-hybridized carbons (Fsp3) is 0.190. The van der Waals surface area contributed by atoms with Gasteiger partial charge in [-0.15, -0.1) is 0 Å². The molecule has 1 aliphatic rings. The highest BCUT2D eigenvalue weighted by Gasteiger charge is 2.21. The smallest absolute Gasteiger partial charge is 0.322 e. The summed E-state index contributed by atoms with van der Waals surface area (Å²) in [5, 5.41) is 2.89. The highest BCUT2D eigenvalue weighted by atomic mass is 16.2. The van der Waals surface area contributed by atoms with Crippen molar-refractivity contribution in [3.63, 3.8) is 0 Å². The summed E-state index contributed by atoms with van der Waals surface area (Å²) >= 11 is 0. The lowest BCUT2D eigenvalue weighted by atomic mass is 10.1. The molecule has 3 aromatic rings. The van der Waals surface area contributed by atoms with Gasteiger partial charge in [-0.1, -0.05) is 30.3 Å². The molecular weight excluding hydrogens is 338 g/mol. The van der Waals surface area contributed by atoms with Gasteiger partial charge in [-0.2, -0.15) is 0 Å². The summed E-state index contributed by atoms with van der Waals surface area (Å²) in [6.45, 7) is 2.93. The molecule has 1 saturated heterocycles. The van der Waals surface area contributed by atoms with Crippen LogP contribution in [0.3, 0.4) is 0 Å². The van der Waals surface area contributed by atoms with Crippen LogP contribution in [-0.4, -0.2) is 47.1 Å². The van der Waals surface area contributed by atoms with Crippen molar-refractivity contribution < 1.29 is 4.79 Å². The fourth-order valence-corrected chi connectivity index (χ4v) is 3.19. The van der Waals surface area contributed by atoms with E-state index in [0.717, 1.165) is 30.0 Å². The predicted octanol–water partition coefficient (Wildman–Crippen LogP) is 3.50. The number of urea groups is 1. The molecule has 136 valence electrons. The maximum absolute atomic E-state index is 12.4. The number of hydrogen-bond donors (Lipinski definition) is 1. The number of nitrogens with one attached hydrogen (secondary N) is 1. The van der Waals surface area contributed by atoms with Gasteiger partial charge in [-0.05, 0) is 24.3 Å². The Hall–Kier alpha value is -3.41. The van der Waals surface area contributed by atoms with Gasteiger partial charge >= 0.3 is 6.03 Å². The van der Waals surface area contributed by atoms with E-state index >= 15 is 0 Å². The Labute approximate surface area is 158 Å². The number of carbonyl (C=O) groups is 1. The van der Waals surface area contributed by atoms with Crippen molar-refractivity contribution >= 4 is 17.4 Å². The third kappa shape index (κ3) is 4.06. The van der Waals surface area contributed by atoms with Gasteiger partial charge < -0.3 is 15.1 Å². The lowest BCUT2D eigenvalue weighted by Crippen LogP contribution is -2.50. The third-order valence-electron chi connectivity index (χ3n) is 4.66. The SMILES string of the molecule is O=C(Nc1cccnc1)N1CCN(c2ccnc(-c3ccccc3)c2)CC1. The minimum absolute atomic E-state index is 0.0812. The van der Waals surface area contributed by atoms with Crippen LogP contribution >= 0.6 is 0 Å². The molecule has 3 heterocycles. The third-order valence-corrected chi connectivity index (χ3v) is 4.66. The van der Waals surface area contributed by atoms with Gasteiger partial charge in [0, 0.05) is 49.8 Å². The zero-order chi connectivity index (χ0) is 18.5. The Kier molecular flexibility index (Phi) is 4.96. The highest BCUT2D eigenvalue weighted by molar-refractivity contribution is 5.89. The molecule has 0 atom stereocenters. The molecule has 0 saturated carbocycles. The van der Waals surface area contributed by atoms with Crippen LogP contribution in [0.4, 0.5) is 16.2 Å². The van der Waals surface area contributed by atoms with E-state index in [-0.39, 0.29) is 6.03 Å². The zero-order valence-corrected chi connectivity index (χ0v) is 15.0. The molecule has 0 spiro atoms. The summed E-state index contributed by atoms with van der Waals surface area (Å²) in [4.78, 5) is 25.0. The molecule has 0 aliphatic carbocycles. The van der Waals surface area contributed by atoms with Crippen LogP contribution < -0.4 is 10.2 Å². The summed E-state index contributed by atoms with van der Waals surface area (Å²) in [5.74, 6) is 0. The number of anilines is 2. The Balaban J connectivity index is 1.39. The lowest BCUT2D eigenvalue weighted by Gasteiger charge is -2.36. The van der Waals surface area contributed by atoms with Gasteiger partial charge in [-0.3, -0.25) is 9.97 Å². The van der Waals surface area contributed by atoms with E-state index in [4.69, 9.17) is 0 Å². The molecule has 6 heteroatoms. The van der Waals surface area contributed by atoms with Crippen molar-refractivity contribution in [1.29, 1.82) is 0 Å². The minimum atomic E-state index is -0.0812. The fourth-order valence-electron chi connectivity index (χ4n) is 3.19. The molecule has 2 amide bonds. The van der Waals surface area contributed by atoms with Gasteiger partial charge in [0.05, 0.1) is 17.6 Å². The maximum Gasteiger partial charge on any atom is 0.322 e. The van der Waals surface area contributed by atoms with Crippen molar-refractivity contribution in [3.8, 4) is 11.3 Å². The van der Waals surface area contributed by atoms with Gasteiger partial charge in [-0.25, -0.2) is 4.79 Å². The molecule has 1 aromatic carbocycles. The number of aromatic nitrogens is 2. The molecule has 0 unspecified atom stereocenters. The number of hydrogen-bond acceptors (Lipinski definition) is 4. The van der Waals surface area contributed by atoms with Gasteiger partial charge in [0.2, 0.25) is 0 Å². The molecule has 6 nitrogen and oxygen atoms in total. The van der Waals surface area contributed by atoms with Gasteiger partial charge in [0.15, 0.2) is 0 Å². The van der Waals surface area contributed by atoms with E-state index in [1.54, 1.807) is 18.5 Å². The van der Waals surface area contributed by atoms with Crippen LogP contribution in [0.25, 0.3) is 11.3 Å². The average Bonchev–Trinajstić information content (AvgIpc) is 2.75. The van der Waals surface area contributed by atoms with Crippen LogP contribution in [0.5, 0.6) is 0 Å². The van der Waals surface area contributed by atoms with E-state index < -0.39 is 0 Å². The van der Waals surface area contributed by atoms with Crippen molar-refractivity contribution in [3.05, 3.63) is 73.2 Å². The Morgan fingerprint density at radius 1 is 0.926 bits per heavy atom. The molecule has 4 rings (SSSR count). The molecule has 0 bridgehead atoms. The Morgan fingerprint density at radius 3 is 2.48 bits per heavy atom. The van der Waals surface area contributed by atoms with Crippen LogP contribution in [0.1, 0.15) is 0 Å². The van der Waals surface area contributed by atoms with Crippen LogP contribution in [0, 0.1) is 0 Å². The van der Waals surface area contributed by atoms with E-state index in [1.807, 2.05) is 41.4 Å². The van der Waals surface area contributed by atoms with E-state index in [0.29, 0.717) is 18.8 Å². The van der Waals surface area contributed by atoms with E-state index in [1.165, 1.54) is 0 Å². The standard InChI is InChI=1S/C21H21N5O/c27-21(24-18-7-4-9-22-16-18)26-13-11-25(12-14-26)19-8-10-23-20(15-19)17-5-2-1-3-6-17/h1-10,15-16H,11-14H2,(H,24,27). The van der Waals surface area contributed by atoms with Crippen LogP contribution in [-0.2, 0) is 0 Å². The second-order valence-electron chi connectivity index (χ2n) is 6.41. The Bertz CT molecular complexity index is 893. The molecule has 2 aromatic heterocycles. The summed E-state index contributed by atoms with van der Waals surface area (Å²) in [7, 11) is 0. The van der Waals surface area contributed by atoms with Crippen LogP contribution in [0.15, 0.2) is 73.2 Å². The molecular formula is C21H21N5O. The highest BCUT2D eigenvalue weighted by Crippen LogP contribution is 2.23. The molecule has 27 heavy (non-hydrogen) atoms. The second-order valence-corrected chi connectivity index (χ2v) is 6.41. The number of amides is 2. The molecule has 1 fully saturated rings. The first kappa shape index (κ1) is 17.0. The topological polar surface area (TPSA) is 61.4 Å². The van der Waals surface area contributed by atoms with Crippen molar-refractivity contribution in [2.45, 2.75) is 0 Å². The molecule has 1 N–H and O–H groups in total. The number of benzene rings is 1. The summed E-state index contributed by atoms with van der Waals surface area (Å²) in [6, 6.07) is 17.9. The number of nitrogens with zero attached hydrogens (tertiary/aromatic N) is 4. The monoisotopic (exact) mass is 359 g/mol. The van der Waals surface area contributed by atoms with Crippen molar-refractivity contribution in [2.75, 3.05) is 36.4 Å². The van der Waals surface area contributed by atoms with Gasteiger partial charge in [0.25, 0.3) is 0 Å².